The zero-order chi connectivity index (χ0) is 17.6. The minimum Gasteiger partial charge on any atom is -0.354 e. The Morgan fingerprint density at radius 3 is 2.38 bits per heavy atom. The third kappa shape index (κ3) is 3.04. The fraction of sp³-hybridized carbons (Fsp3) is 0.636. The minimum atomic E-state index is -0.149. The van der Waals surface area contributed by atoms with Crippen LogP contribution in [0.15, 0.2) is 35.4 Å². The standard InChI is InChI=1S/C22H29N3O/c26-21(20-6-7-24-25(20)14-16-4-2-1-3-5-16)23-15-22-11-17-8-18(12-22)10-19(9-17)13-22/h1-5,7,17-20H,6,8-15H2,(H,23,26). The van der Waals surface area contributed by atoms with E-state index in [4.69, 9.17) is 0 Å². The van der Waals surface area contributed by atoms with E-state index in [1.165, 1.54) is 44.1 Å². The van der Waals surface area contributed by atoms with Gasteiger partial charge in [-0.05, 0) is 67.3 Å². The molecule has 0 aromatic heterocycles. The highest BCUT2D eigenvalue weighted by Crippen LogP contribution is 2.59. The Kier molecular flexibility index (Phi) is 4.02. The lowest BCUT2D eigenvalue weighted by atomic mass is 9.49. The Hall–Kier alpha value is -1.84. The summed E-state index contributed by atoms with van der Waals surface area (Å²) < 4.78 is 0. The molecule has 0 radical (unpaired) electrons. The van der Waals surface area contributed by atoms with E-state index < -0.39 is 0 Å². The van der Waals surface area contributed by atoms with Crippen molar-refractivity contribution in [1.29, 1.82) is 0 Å². The third-order valence-corrected chi connectivity index (χ3v) is 7.21. The molecule has 138 valence electrons. The van der Waals surface area contributed by atoms with Gasteiger partial charge in [-0.3, -0.25) is 9.80 Å². The van der Waals surface area contributed by atoms with Gasteiger partial charge < -0.3 is 5.32 Å². The highest BCUT2D eigenvalue weighted by Gasteiger charge is 2.50. The van der Waals surface area contributed by atoms with Crippen LogP contribution in [-0.2, 0) is 11.3 Å². The van der Waals surface area contributed by atoms with E-state index in [2.05, 4.69) is 22.6 Å². The van der Waals surface area contributed by atoms with E-state index >= 15 is 0 Å². The molecule has 4 aliphatic carbocycles. The first kappa shape index (κ1) is 16.3. The van der Waals surface area contributed by atoms with Crippen LogP contribution in [0.1, 0.15) is 50.5 Å². The average molecular weight is 351 g/mol. The first-order valence-electron chi connectivity index (χ1n) is 10.3. The van der Waals surface area contributed by atoms with Crippen LogP contribution in [0.2, 0.25) is 0 Å². The van der Waals surface area contributed by atoms with Crippen LogP contribution < -0.4 is 5.32 Å². The van der Waals surface area contributed by atoms with Gasteiger partial charge in [0.05, 0.1) is 6.54 Å². The summed E-state index contributed by atoms with van der Waals surface area (Å²) in [5.41, 5.74) is 1.60. The van der Waals surface area contributed by atoms with Crippen molar-refractivity contribution in [2.75, 3.05) is 6.54 Å². The molecule has 4 saturated carbocycles. The highest BCUT2D eigenvalue weighted by molar-refractivity contribution is 5.86. The van der Waals surface area contributed by atoms with Gasteiger partial charge in [-0.15, -0.1) is 0 Å². The zero-order valence-electron chi connectivity index (χ0n) is 15.4. The number of carbonyl (C=O) groups is 1. The van der Waals surface area contributed by atoms with Gasteiger partial charge in [0.1, 0.15) is 6.04 Å². The topological polar surface area (TPSA) is 44.7 Å². The Labute approximate surface area is 156 Å². The summed E-state index contributed by atoms with van der Waals surface area (Å²) >= 11 is 0. The molecule has 5 aliphatic rings. The van der Waals surface area contributed by atoms with Crippen LogP contribution in [0.3, 0.4) is 0 Å². The Balaban J connectivity index is 1.20. The molecule has 1 N–H and O–H groups in total. The minimum absolute atomic E-state index is 0.149. The van der Waals surface area contributed by atoms with Crippen LogP contribution >= 0.6 is 0 Å². The second-order valence-corrected chi connectivity index (χ2v) is 9.27. The maximum Gasteiger partial charge on any atom is 0.244 e. The van der Waals surface area contributed by atoms with E-state index in [1.54, 1.807) is 0 Å². The molecule has 1 amide bonds. The van der Waals surface area contributed by atoms with Crippen LogP contribution in [0.4, 0.5) is 0 Å². The summed E-state index contributed by atoms with van der Waals surface area (Å²) in [5, 5.41) is 9.74. The lowest BCUT2D eigenvalue weighted by Crippen LogP contribution is -2.53. The number of rotatable bonds is 5. The second kappa shape index (κ2) is 6.40. The van der Waals surface area contributed by atoms with E-state index in [9.17, 15) is 4.79 Å². The maximum absolute atomic E-state index is 12.9. The van der Waals surface area contributed by atoms with E-state index in [0.29, 0.717) is 12.0 Å². The van der Waals surface area contributed by atoms with Gasteiger partial charge >= 0.3 is 0 Å². The van der Waals surface area contributed by atoms with Crippen molar-refractivity contribution in [2.45, 2.75) is 57.5 Å². The van der Waals surface area contributed by atoms with Gasteiger partial charge in [-0.1, -0.05) is 30.3 Å². The molecule has 4 fully saturated rings. The van der Waals surface area contributed by atoms with E-state index in [0.717, 1.165) is 30.7 Å². The highest BCUT2D eigenvalue weighted by atomic mass is 16.2. The van der Waals surface area contributed by atoms with Crippen LogP contribution in [0.5, 0.6) is 0 Å². The smallest absolute Gasteiger partial charge is 0.244 e. The van der Waals surface area contributed by atoms with Gasteiger partial charge in [-0.2, -0.15) is 5.10 Å². The van der Waals surface area contributed by atoms with Gasteiger partial charge in [-0.25, -0.2) is 0 Å². The van der Waals surface area contributed by atoms with Crippen molar-refractivity contribution in [3.63, 3.8) is 0 Å². The summed E-state index contributed by atoms with van der Waals surface area (Å²) in [7, 11) is 0. The first-order valence-corrected chi connectivity index (χ1v) is 10.3. The van der Waals surface area contributed by atoms with Crippen LogP contribution in [0, 0.1) is 23.2 Å². The van der Waals surface area contributed by atoms with Crippen molar-refractivity contribution in [2.24, 2.45) is 28.3 Å². The molecule has 4 bridgehead atoms. The Morgan fingerprint density at radius 1 is 1.08 bits per heavy atom. The van der Waals surface area contributed by atoms with E-state index in [1.807, 2.05) is 29.4 Å². The summed E-state index contributed by atoms with van der Waals surface area (Å²) in [6.45, 7) is 1.58. The van der Waals surface area contributed by atoms with Gasteiger partial charge in [0.25, 0.3) is 0 Å². The molecule has 1 heterocycles. The van der Waals surface area contributed by atoms with Crippen molar-refractivity contribution in [3.05, 3.63) is 35.9 Å². The quantitative estimate of drug-likeness (QED) is 0.881. The monoisotopic (exact) mass is 351 g/mol. The zero-order valence-corrected chi connectivity index (χ0v) is 15.4. The molecule has 6 rings (SSSR count). The SMILES string of the molecule is O=C(NCC12CC3CC(CC(C3)C1)C2)C1CC=NN1Cc1ccccc1. The average Bonchev–Trinajstić information content (AvgIpc) is 3.08. The number of amides is 1. The fourth-order valence-electron chi connectivity index (χ4n) is 6.52. The molecule has 0 saturated heterocycles. The molecule has 1 aromatic rings. The summed E-state index contributed by atoms with van der Waals surface area (Å²) in [6, 6.07) is 10.1. The molecule has 0 spiro atoms. The number of benzene rings is 1. The molecule has 1 atom stereocenters. The third-order valence-electron chi connectivity index (χ3n) is 7.21. The molecule has 4 heteroatoms. The van der Waals surface area contributed by atoms with Crippen LogP contribution in [0.25, 0.3) is 0 Å². The number of hydrogen-bond acceptors (Lipinski definition) is 3. The van der Waals surface area contributed by atoms with Gasteiger partial charge in [0, 0.05) is 19.2 Å². The molecule has 1 aliphatic heterocycles. The van der Waals surface area contributed by atoms with Crippen molar-refractivity contribution < 1.29 is 4.79 Å². The molecular formula is C22H29N3O. The molecule has 4 nitrogen and oxygen atoms in total. The predicted molar refractivity (Wildman–Crippen MR) is 102 cm³/mol. The van der Waals surface area contributed by atoms with Gasteiger partial charge in [0.15, 0.2) is 0 Å². The van der Waals surface area contributed by atoms with Crippen LogP contribution in [-0.4, -0.2) is 29.7 Å². The maximum atomic E-state index is 12.9. The lowest BCUT2D eigenvalue weighted by molar-refractivity contribution is -0.128. The largest absolute Gasteiger partial charge is 0.354 e. The predicted octanol–water partition coefficient (Wildman–Crippen LogP) is 3.58. The number of nitrogens with zero attached hydrogens (tertiary/aromatic N) is 2. The normalized spacial score (nSPS) is 37.3. The second-order valence-electron chi connectivity index (χ2n) is 9.27. The Morgan fingerprint density at radius 2 is 1.73 bits per heavy atom. The summed E-state index contributed by atoms with van der Waals surface area (Å²) in [5.74, 6) is 2.96. The van der Waals surface area contributed by atoms with E-state index in [-0.39, 0.29) is 11.9 Å². The van der Waals surface area contributed by atoms with Gasteiger partial charge in [0.2, 0.25) is 5.91 Å². The molecule has 26 heavy (non-hydrogen) atoms. The summed E-state index contributed by atoms with van der Waals surface area (Å²) in [6.07, 6.45) is 11.0. The summed E-state index contributed by atoms with van der Waals surface area (Å²) in [4.78, 5) is 12.9. The van der Waals surface area contributed by atoms with Crippen molar-refractivity contribution in [1.82, 2.24) is 10.3 Å². The van der Waals surface area contributed by atoms with Crippen molar-refractivity contribution >= 4 is 12.1 Å². The number of carbonyl (C=O) groups excluding carboxylic acids is 1. The number of hydrazone groups is 1. The first-order chi connectivity index (χ1) is 12.7. The lowest BCUT2D eigenvalue weighted by Gasteiger charge is -2.57. The van der Waals surface area contributed by atoms with Crippen molar-refractivity contribution in [3.8, 4) is 0 Å². The fourth-order valence-corrected chi connectivity index (χ4v) is 6.52. The Bertz CT molecular complexity index is 663. The molecule has 1 unspecified atom stereocenters. The number of hydrogen-bond donors (Lipinski definition) is 1. The number of nitrogens with one attached hydrogen (secondary N) is 1. The molecular weight excluding hydrogens is 322 g/mol. The molecule has 1 aromatic carbocycles.